The molecule has 0 heterocycles. The van der Waals surface area contributed by atoms with Crippen LogP contribution in [0.15, 0.2) is 89.8 Å². The quantitative estimate of drug-likeness (QED) is 0.344. The molecule has 0 saturated carbocycles. The highest BCUT2D eigenvalue weighted by Crippen LogP contribution is 2.30. The minimum Gasteiger partial charge on any atom is -0.352 e. The highest BCUT2D eigenvalue weighted by Gasteiger charge is 2.33. The Morgan fingerprint density at radius 2 is 1.47 bits per heavy atom. The van der Waals surface area contributed by atoms with Crippen LogP contribution in [0.2, 0.25) is 5.02 Å². The van der Waals surface area contributed by atoms with Gasteiger partial charge in [0.15, 0.2) is 0 Å². The van der Waals surface area contributed by atoms with E-state index in [1.807, 2.05) is 44.2 Å². The standard InChI is InChI=1S/C29H34ClN3O4S/c1-4-22(2)31-29(35)23(3)32(20-19-24-13-7-5-8-14-24)28(34)21-33(27-18-12-11-17-26(27)30)38(36,37)25-15-9-6-10-16-25/h5-18,22-23H,4,19-21H2,1-3H3,(H,31,35)/t22-,23+/m1/s1. The lowest BCUT2D eigenvalue weighted by Crippen LogP contribution is -2.53. The van der Waals surface area contributed by atoms with Gasteiger partial charge >= 0.3 is 0 Å². The number of sulfonamides is 1. The Bertz CT molecular complexity index is 1320. The summed E-state index contributed by atoms with van der Waals surface area (Å²) in [6.45, 7) is 5.23. The van der Waals surface area contributed by atoms with Gasteiger partial charge in [0.2, 0.25) is 11.8 Å². The number of carbonyl (C=O) groups is 2. The lowest BCUT2D eigenvalue weighted by molar-refractivity contribution is -0.139. The molecule has 2 atom stereocenters. The maximum Gasteiger partial charge on any atom is 0.264 e. The van der Waals surface area contributed by atoms with E-state index in [2.05, 4.69) is 5.32 Å². The van der Waals surface area contributed by atoms with Crippen molar-refractivity contribution in [1.82, 2.24) is 10.2 Å². The first kappa shape index (κ1) is 29.2. The molecule has 0 saturated heterocycles. The molecular weight excluding hydrogens is 522 g/mol. The first-order chi connectivity index (χ1) is 18.1. The molecule has 0 aliphatic heterocycles. The number of halogens is 1. The number of rotatable bonds is 12. The molecule has 3 aromatic rings. The van der Waals surface area contributed by atoms with E-state index in [4.69, 9.17) is 11.6 Å². The molecule has 3 rings (SSSR count). The lowest BCUT2D eigenvalue weighted by atomic mass is 10.1. The molecule has 38 heavy (non-hydrogen) atoms. The van der Waals surface area contributed by atoms with Gasteiger partial charge in [-0.05, 0) is 56.5 Å². The van der Waals surface area contributed by atoms with E-state index in [-0.39, 0.29) is 34.1 Å². The minimum absolute atomic E-state index is 0.0334. The molecule has 0 fully saturated rings. The molecule has 2 amide bonds. The van der Waals surface area contributed by atoms with Gasteiger partial charge in [-0.2, -0.15) is 0 Å². The molecule has 1 N–H and O–H groups in total. The molecule has 9 heteroatoms. The number of hydrogen-bond donors (Lipinski definition) is 1. The first-order valence-corrected chi connectivity index (χ1v) is 14.4. The van der Waals surface area contributed by atoms with Gasteiger partial charge in [-0.15, -0.1) is 0 Å². The van der Waals surface area contributed by atoms with E-state index in [0.29, 0.717) is 6.42 Å². The summed E-state index contributed by atoms with van der Waals surface area (Å²) in [5.41, 5.74) is 1.19. The van der Waals surface area contributed by atoms with Gasteiger partial charge in [0.25, 0.3) is 10.0 Å². The maximum atomic E-state index is 13.8. The average Bonchev–Trinajstić information content (AvgIpc) is 2.93. The molecule has 0 radical (unpaired) electrons. The predicted molar refractivity (Wildman–Crippen MR) is 152 cm³/mol. The van der Waals surface area contributed by atoms with Crippen molar-refractivity contribution in [3.05, 3.63) is 95.5 Å². The summed E-state index contributed by atoms with van der Waals surface area (Å²) in [7, 11) is -4.14. The summed E-state index contributed by atoms with van der Waals surface area (Å²) in [6.07, 6.45) is 1.25. The summed E-state index contributed by atoms with van der Waals surface area (Å²) in [5.74, 6) is -0.803. The van der Waals surface area contributed by atoms with Gasteiger partial charge in [0.1, 0.15) is 12.6 Å². The normalized spacial score (nSPS) is 12.8. The molecular formula is C29H34ClN3O4S. The number of anilines is 1. The fraction of sp³-hybridized carbons (Fsp3) is 0.310. The van der Waals surface area contributed by atoms with E-state index >= 15 is 0 Å². The van der Waals surface area contributed by atoms with Gasteiger partial charge in [-0.3, -0.25) is 13.9 Å². The highest BCUT2D eigenvalue weighted by atomic mass is 35.5. The van der Waals surface area contributed by atoms with Gasteiger partial charge in [0.05, 0.1) is 15.6 Å². The van der Waals surface area contributed by atoms with Gasteiger partial charge in [0, 0.05) is 12.6 Å². The number of para-hydroxylation sites is 1. The van der Waals surface area contributed by atoms with Crippen molar-refractivity contribution >= 4 is 39.1 Å². The Kier molecular flexibility index (Phi) is 10.3. The summed E-state index contributed by atoms with van der Waals surface area (Å²) in [5, 5.41) is 3.12. The van der Waals surface area contributed by atoms with Crippen molar-refractivity contribution in [2.45, 2.75) is 50.6 Å². The third-order valence-electron chi connectivity index (χ3n) is 6.38. The number of nitrogens with zero attached hydrogens (tertiary/aromatic N) is 2. The lowest BCUT2D eigenvalue weighted by Gasteiger charge is -2.32. The SMILES string of the molecule is CC[C@@H](C)NC(=O)[C@H](C)N(CCc1ccccc1)C(=O)CN(c1ccccc1Cl)S(=O)(=O)c1ccccc1. The Balaban J connectivity index is 1.97. The molecule has 0 aliphatic rings. The van der Waals surface area contributed by atoms with Crippen LogP contribution in [0.4, 0.5) is 5.69 Å². The van der Waals surface area contributed by atoms with Crippen molar-refractivity contribution in [3.8, 4) is 0 Å². The second-order valence-electron chi connectivity index (χ2n) is 9.09. The number of amides is 2. The Hall–Kier alpha value is -3.36. The number of hydrogen-bond acceptors (Lipinski definition) is 4. The van der Waals surface area contributed by atoms with Crippen LogP contribution >= 0.6 is 11.6 Å². The van der Waals surface area contributed by atoms with E-state index < -0.39 is 28.5 Å². The third-order valence-corrected chi connectivity index (χ3v) is 8.48. The van der Waals surface area contributed by atoms with Crippen LogP contribution in [0.3, 0.4) is 0 Å². The van der Waals surface area contributed by atoms with Gasteiger partial charge < -0.3 is 10.2 Å². The Morgan fingerprint density at radius 1 is 0.895 bits per heavy atom. The summed E-state index contributed by atoms with van der Waals surface area (Å²) in [6, 6.07) is 23.1. The summed E-state index contributed by atoms with van der Waals surface area (Å²) in [4.78, 5) is 28.3. The minimum atomic E-state index is -4.14. The molecule has 0 unspecified atom stereocenters. The molecule has 3 aromatic carbocycles. The smallest absolute Gasteiger partial charge is 0.264 e. The van der Waals surface area contributed by atoms with Crippen LogP contribution in [-0.2, 0) is 26.0 Å². The van der Waals surface area contributed by atoms with Crippen LogP contribution < -0.4 is 9.62 Å². The predicted octanol–water partition coefficient (Wildman–Crippen LogP) is 4.91. The average molecular weight is 556 g/mol. The van der Waals surface area contributed by atoms with Crippen LogP contribution in [-0.4, -0.2) is 50.3 Å². The van der Waals surface area contributed by atoms with E-state index in [9.17, 15) is 18.0 Å². The van der Waals surface area contributed by atoms with E-state index in [1.54, 1.807) is 49.4 Å². The van der Waals surface area contributed by atoms with E-state index in [1.165, 1.54) is 17.0 Å². The monoisotopic (exact) mass is 555 g/mol. The van der Waals surface area contributed by atoms with Crippen LogP contribution in [0.5, 0.6) is 0 Å². The van der Waals surface area contributed by atoms with Gasteiger partial charge in [-0.1, -0.05) is 79.2 Å². The largest absolute Gasteiger partial charge is 0.352 e. The highest BCUT2D eigenvalue weighted by molar-refractivity contribution is 7.92. The van der Waals surface area contributed by atoms with Crippen LogP contribution in [0, 0.1) is 0 Å². The second kappa shape index (κ2) is 13.4. The van der Waals surface area contributed by atoms with Crippen molar-refractivity contribution < 1.29 is 18.0 Å². The maximum absolute atomic E-state index is 13.8. The fourth-order valence-corrected chi connectivity index (χ4v) is 5.66. The van der Waals surface area contributed by atoms with Crippen molar-refractivity contribution in [2.75, 3.05) is 17.4 Å². The van der Waals surface area contributed by atoms with Crippen molar-refractivity contribution in [3.63, 3.8) is 0 Å². The Morgan fingerprint density at radius 3 is 2.08 bits per heavy atom. The molecule has 0 aromatic heterocycles. The zero-order valence-electron chi connectivity index (χ0n) is 21.9. The number of benzene rings is 3. The summed E-state index contributed by atoms with van der Waals surface area (Å²) < 4.78 is 28.5. The third kappa shape index (κ3) is 7.36. The number of nitrogens with one attached hydrogen (secondary N) is 1. The summed E-state index contributed by atoms with van der Waals surface area (Å²) >= 11 is 6.41. The zero-order valence-corrected chi connectivity index (χ0v) is 23.5. The first-order valence-electron chi connectivity index (χ1n) is 12.6. The van der Waals surface area contributed by atoms with Crippen molar-refractivity contribution in [1.29, 1.82) is 0 Å². The molecule has 202 valence electrons. The van der Waals surface area contributed by atoms with Crippen LogP contribution in [0.1, 0.15) is 32.8 Å². The Labute approximate surface area is 230 Å². The molecule has 0 bridgehead atoms. The number of carbonyl (C=O) groups excluding carboxylic acids is 2. The molecule has 0 spiro atoms. The topological polar surface area (TPSA) is 86.8 Å². The second-order valence-corrected chi connectivity index (χ2v) is 11.4. The van der Waals surface area contributed by atoms with Crippen LogP contribution in [0.25, 0.3) is 0 Å². The fourth-order valence-electron chi connectivity index (χ4n) is 3.92. The van der Waals surface area contributed by atoms with Gasteiger partial charge in [-0.25, -0.2) is 8.42 Å². The van der Waals surface area contributed by atoms with Crippen molar-refractivity contribution in [2.24, 2.45) is 0 Å². The zero-order chi connectivity index (χ0) is 27.7. The molecule has 7 nitrogen and oxygen atoms in total. The molecule has 0 aliphatic carbocycles. The van der Waals surface area contributed by atoms with E-state index in [0.717, 1.165) is 16.3 Å².